The van der Waals surface area contributed by atoms with E-state index in [-0.39, 0.29) is 24.9 Å². The zero-order valence-corrected chi connectivity index (χ0v) is 10.2. The van der Waals surface area contributed by atoms with Crippen LogP contribution in [-0.4, -0.2) is 48.2 Å². The van der Waals surface area contributed by atoms with Crippen molar-refractivity contribution in [2.75, 3.05) is 20.2 Å². The monoisotopic (exact) mass is 231 g/mol. The molecule has 1 amide bonds. The largest absolute Gasteiger partial charge is 0.481 e. The minimum absolute atomic E-state index is 0.0337. The number of hydrogen-bond donors (Lipinski definition) is 1. The van der Waals surface area contributed by atoms with Crippen molar-refractivity contribution in [1.29, 1.82) is 0 Å². The molecule has 5 nitrogen and oxygen atoms in total. The summed E-state index contributed by atoms with van der Waals surface area (Å²) in [5, 5.41) is 8.42. The van der Waals surface area contributed by atoms with Crippen LogP contribution >= 0.6 is 0 Å². The summed E-state index contributed by atoms with van der Waals surface area (Å²) in [5.74, 6) is -0.896. The van der Waals surface area contributed by atoms with Gasteiger partial charge in [0.15, 0.2) is 0 Å². The molecule has 0 spiro atoms. The van der Waals surface area contributed by atoms with E-state index in [9.17, 15) is 9.59 Å². The molecule has 0 fully saturated rings. The first-order chi connectivity index (χ1) is 7.43. The lowest BCUT2D eigenvalue weighted by Crippen LogP contribution is -2.30. The number of carboxylic acid groups (broad SMARTS) is 1. The van der Waals surface area contributed by atoms with Crippen LogP contribution < -0.4 is 0 Å². The molecule has 0 aliphatic carbocycles. The van der Waals surface area contributed by atoms with Crippen molar-refractivity contribution in [1.82, 2.24) is 4.90 Å². The molecule has 0 aromatic rings. The van der Waals surface area contributed by atoms with Crippen molar-refractivity contribution in [3.8, 4) is 0 Å². The highest BCUT2D eigenvalue weighted by Gasteiger charge is 2.09. The van der Waals surface area contributed by atoms with Crippen LogP contribution in [0.2, 0.25) is 0 Å². The van der Waals surface area contributed by atoms with Gasteiger partial charge >= 0.3 is 5.97 Å². The lowest BCUT2D eigenvalue weighted by molar-refractivity contribution is -0.137. The molecule has 0 heterocycles. The molecule has 94 valence electrons. The standard InChI is InChI=1S/C11H21NO4/c1-9(2)16-8-7-12(3)10(13)5-4-6-11(14)15/h9H,4-8H2,1-3H3,(H,14,15). The Bertz CT molecular complexity index is 228. The number of rotatable bonds is 8. The number of amides is 1. The van der Waals surface area contributed by atoms with E-state index in [1.165, 1.54) is 0 Å². The van der Waals surface area contributed by atoms with Gasteiger partial charge in [0, 0.05) is 26.4 Å². The normalized spacial score (nSPS) is 10.5. The van der Waals surface area contributed by atoms with E-state index in [0.717, 1.165) is 0 Å². The number of carbonyl (C=O) groups excluding carboxylic acids is 1. The van der Waals surface area contributed by atoms with Crippen molar-refractivity contribution >= 4 is 11.9 Å². The Kier molecular flexibility index (Phi) is 7.54. The fourth-order valence-corrected chi connectivity index (χ4v) is 1.13. The van der Waals surface area contributed by atoms with Gasteiger partial charge < -0.3 is 14.7 Å². The summed E-state index contributed by atoms with van der Waals surface area (Å²) < 4.78 is 5.32. The van der Waals surface area contributed by atoms with Gasteiger partial charge in [0.1, 0.15) is 0 Å². The van der Waals surface area contributed by atoms with Crippen LogP contribution in [-0.2, 0) is 14.3 Å². The fourth-order valence-electron chi connectivity index (χ4n) is 1.13. The Balaban J connectivity index is 3.61. The van der Waals surface area contributed by atoms with Crippen LogP contribution in [0.5, 0.6) is 0 Å². The molecule has 16 heavy (non-hydrogen) atoms. The third kappa shape index (κ3) is 8.23. The minimum atomic E-state index is -0.862. The van der Waals surface area contributed by atoms with Crippen molar-refractivity contribution < 1.29 is 19.4 Å². The summed E-state index contributed by atoms with van der Waals surface area (Å²) in [6, 6.07) is 0. The van der Waals surface area contributed by atoms with Crippen LogP contribution in [0.1, 0.15) is 33.1 Å². The van der Waals surface area contributed by atoms with Crippen molar-refractivity contribution in [3.05, 3.63) is 0 Å². The highest BCUT2D eigenvalue weighted by molar-refractivity contribution is 5.76. The predicted octanol–water partition coefficient (Wildman–Crippen LogP) is 1.12. The van der Waals surface area contributed by atoms with E-state index in [0.29, 0.717) is 19.6 Å². The van der Waals surface area contributed by atoms with Crippen LogP contribution in [0.15, 0.2) is 0 Å². The Morgan fingerprint density at radius 1 is 1.31 bits per heavy atom. The molecule has 5 heteroatoms. The van der Waals surface area contributed by atoms with Crippen molar-refractivity contribution in [3.63, 3.8) is 0 Å². The maximum atomic E-state index is 11.5. The molecule has 0 saturated carbocycles. The Labute approximate surface area is 96.4 Å². The first-order valence-corrected chi connectivity index (χ1v) is 5.51. The number of aliphatic carboxylic acids is 1. The number of carboxylic acids is 1. The third-order valence-corrected chi connectivity index (χ3v) is 2.08. The van der Waals surface area contributed by atoms with E-state index < -0.39 is 5.97 Å². The zero-order chi connectivity index (χ0) is 12.6. The van der Waals surface area contributed by atoms with Crippen LogP contribution in [0.25, 0.3) is 0 Å². The summed E-state index contributed by atoms with van der Waals surface area (Å²) in [6.07, 6.45) is 0.881. The summed E-state index contributed by atoms with van der Waals surface area (Å²) >= 11 is 0. The molecule has 0 aliphatic heterocycles. The quantitative estimate of drug-likeness (QED) is 0.680. The summed E-state index contributed by atoms with van der Waals surface area (Å²) in [7, 11) is 1.70. The number of ether oxygens (including phenoxy) is 1. The lowest BCUT2D eigenvalue weighted by Gasteiger charge is -2.17. The van der Waals surface area contributed by atoms with E-state index in [4.69, 9.17) is 9.84 Å². The van der Waals surface area contributed by atoms with Crippen LogP contribution in [0.4, 0.5) is 0 Å². The van der Waals surface area contributed by atoms with Gasteiger partial charge in [0.2, 0.25) is 5.91 Å². The second kappa shape index (κ2) is 8.10. The number of hydrogen-bond acceptors (Lipinski definition) is 3. The van der Waals surface area contributed by atoms with Crippen molar-refractivity contribution in [2.45, 2.75) is 39.2 Å². The summed E-state index contributed by atoms with van der Waals surface area (Å²) in [4.78, 5) is 23.3. The second-order valence-electron chi connectivity index (χ2n) is 3.98. The van der Waals surface area contributed by atoms with Gasteiger partial charge in [0.25, 0.3) is 0 Å². The average Bonchev–Trinajstić information content (AvgIpc) is 2.16. The molecule has 0 aromatic carbocycles. The molecule has 0 atom stereocenters. The Morgan fingerprint density at radius 2 is 1.94 bits per heavy atom. The van der Waals surface area contributed by atoms with Gasteiger partial charge in [-0.15, -0.1) is 0 Å². The van der Waals surface area contributed by atoms with Gasteiger partial charge in [-0.1, -0.05) is 0 Å². The highest BCUT2D eigenvalue weighted by Crippen LogP contribution is 2.00. The molecule has 0 unspecified atom stereocenters. The molecule has 1 N–H and O–H groups in total. The topological polar surface area (TPSA) is 66.8 Å². The molecule has 0 saturated heterocycles. The second-order valence-corrected chi connectivity index (χ2v) is 3.98. The van der Waals surface area contributed by atoms with Gasteiger partial charge in [-0.05, 0) is 20.3 Å². The van der Waals surface area contributed by atoms with Crippen LogP contribution in [0.3, 0.4) is 0 Å². The predicted molar refractivity (Wildman–Crippen MR) is 60.2 cm³/mol. The third-order valence-electron chi connectivity index (χ3n) is 2.08. The van der Waals surface area contributed by atoms with Gasteiger partial charge in [-0.25, -0.2) is 0 Å². The summed E-state index contributed by atoms with van der Waals surface area (Å²) in [5.41, 5.74) is 0. The zero-order valence-electron chi connectivity index (χ0n) is 10.2. The van der Waals surface area contributed by atoms with E-state index in [1.807, 2.05) is 13.8 Å². The average molecular weight is 231 g/mol. The SMILES string of the molecule is CC(C)OCCN(C)C(=O)CCCC(=O)O. The van der Waals surface area contributed by atoms with Gasteiger partial charge in [-0.2, -0.15) is 0 Å². The Hall–Kier alpha value is -1.10. The van der Waals surface area contributed by atoms with Gasteiger partial charge in [0.05, 0.1) is 12.7 Å². The van der Waals surface area contributed by atoms with Gasteiger partial charge in [-0.3, -0.25) is 9.59 Å². The number of likely N-dealkylation sites (N-methyl/N-ethyl adjacent to an activating group) is 1. The van der Waals surface area contributed by atoms with Crippen molar-refractivity contribution in [2.24, 2.45) is 0 Å². The Morgan fingerprint density at radius 3 is 2.44 bits per heavy atom. The molecular weight excluding hydrogens is 210 g/mol. The molecule has 0 aromatic heterocycles. The first-order valence-electron chi connectivity index (χ1n) is 5.51. The lowest BCUT2D eigenvalue weighted by atomic mass is 10.2. The molecule has 0 radical (unpaired) electrons. The van der Waals surface area contributed by atoms with E-state index in [2.05, 4.69) is 0 Å². The maximum Gasteiger partial charge on any atom is 0.303 e. The first kappa shape index (κ1) is 14.9. The smallest absolute Gasteiger partial charge is 0.303 e. The van der Waals surface area contributed by atoms with Crippen LogP contribution in [0, 0.1) is 0 Å². The highest BCUT2D eigenvalue weighted by atomic mass is 16.5. The van der Waals surface area contributed by atoms with E-state index in [1.54, 1.807) is 11.9 Å². The minimum Gasteiger partial charge on any atom is -0.481 e. The number of carbonyl (C=O) groups is 2. The number of nitrogens with zero attached hydrogens (tertiary/aromatic N) is 1. The fraction of sp³-hybridized carbons (Fsp3) is 0.818. The van der Waals surface area contributed by atoms with E-state index >= 15 is 0 Å². The molecule has 0 rings (SSSR count). The molecule has 0 aliphatic rings. The summed E-state index contributed by atoms with van der Waals surface area (Å²) in [6.45, 7) is 4.94. The maximum absolute atomic E-state index is 11.5. The molecular formula is C11H21NO4. The molecule has 0 bridgehead atoms.